The highest BCUT2D eigenvalue weighted by atomic mass is 35.5. The summed E-state index contributed by atoms with van der Waals surface area (Å²) >= 11 is 11.3. The first-order chi connectivity index (χ1) is 6.15. The van der Waals surface area contributed by atoms with Gasteiger partial charge in [-0.05, 0) is 6.92 Å². The number of carbonyl (C=O) groups excluding carboxylic acids is 1. The number of hydrogen-bond donors (Lipinski definition) is 0. The summed E-state index contributed by atoms with van der Waals surface area (Å²) in [5, 5.41) is 2.94. The number of oxime groups is 1. The van der Waals surface area contributed by atoms with E-state index in [-0.39, 0.29) is 0 Å². The second kappa shape index (κ2) is 4.67. The molecule has 0 radical (unpaired) electrons. The van der Waals surface area contributed by atoms with Gasteiger partial charge in [0.2, 0.25) is 0 Å². The van der Waals surface area contributed by atoms with E-state index < -0.39 is 17.5 Å². The van der Waals surface area contributed by atoms with Crippen LogP contribution in [0.3, 0.4) is 0 Å². The van der Waals surface area contributed by atoms with Gasteiger partial charge in [0.1, 0.15) is 5.17 Å². The largest absolute Gasteiger partial charge is 0.465 e. The van der Waals surface area contributed by atoms with Gasteiger partial charge in [-0.25, -0.2) is 0 Å². The maximum Gasteiger partial charge on any atom is 0.328 e. The van der Waals surface area contributed by atoms with Gasteiger partial charge in [-0.2, -0.15) is 0 Å². The highest BCUT2D eigenvalue weighted by molar-refractivity contribution is 6.65. The van der Waals surface area contributed by atoms with Crippen molar-refractivity contribution in [1.29, 1.82) is 0 Å². The monoisotopic (exact) mass is 225 g/mol. The molecule has 1 aliphatic heterocycles. The van der Waals surface area contributed by atoms with Gasteiger partial charge in [0.05, 0.1) is 6.61 Å². The average molecular weight is 226 g/mol. The maximum absolute atomic E-state index is 11.1. The molecule has 0 saturated carbocycles. The van der Waals surface area contributed by atoms with Crippen LogP contribution in [0.1, 0.15) is 13.3 Å². The summed E-state index contributed by atoms with van der Waals surface area (Å²) in [4.78, 5) is 15.9. The lowest BCUT2D eigenvalue weighted by molar-refractivity contribution is -0.145. The SMILES string of the molecule is CCOC(=O)C(Cl)C1CC(Cl)=NO1. The summed E-state index contributed by atoms with van der Waals surface area (Å²) < 4.78 is 4.71. The molecule has 1 rings (SSSR count). The van der Waals surface area contributed by atoms with Crippen LogP contribution in [0.5, 0.6) is 0 Å². The van der Waals surface area contributed by atoms with Gasteiger partial charge >= 0.3 is 5.97 Å². The molecule has 13 heavy (non-hydrogen) atoms. The minimum absolute atomic E-state index is 0.295. The van der Waals surface area contributed by atoms with Crippen molar-refractivity contribution in [2.24, 2.45) is 5.16 Å². The molecule has 74 valence electrons. The van der Waals surface area contributed by atoms with E-state index in [1.54, 1.807) is 6.92 Å². The van der Waals surface area contributed by atoms with E-state index in [0.29, 0.717) is 18.2 Å². The number of ether oxygens (including phenoxy) is 1. The Balaban J connectivity index is 2.40. The van der Waals surface area contributed by atoms with Gasteiger partial charge in [0, 0.05) is 6.42 Å². The van der Waals surface area contributed by atoms with Gasteiger partial charge in [0.15, 0.2) is 11.5 Å². The van der Waals surface area contributed by atoms with Crippen molar-refractivity contribution >= 4 is 34.3 Å². The summed E-state index contributed by atoms with van der Waals surface area (Å²) in [6.45, 7) is 2.00. The number of carbonyl (C=O) groups is 1. The topological polar surface area (TPSA) is 47.9 Å². The highest BCUT2D eigenvalue weighted by Gasteiger charge is 2.33. The summed E-state index contributed by atoms with van der Waals surface area (Å²) in [7, 11) is 0. The van der Waals surface area contributed by atoms with Gasteiger partial charge in [-0.1, -0.05) is 16.8 Å². The normalized spacial score (nSPS) is 23.3. The van der Waals surface area contributed by atoms with E-state index in [0.717, 1.165) is 0 Å². The van der Waals surface area contributed by atoms with Crippen molar-refractivity contribution in [2.75, 3.05) is 6.61 Å². The van der Waals surface area contributed by atoms with Crippen LogP contribution in [0.2, 0.25) is 0 Å². The summed E-state index contributed by atoms with van der Waals surface area (Å²) in [5.41, 5.74) is 0. The molecule has 0 saturated heterocycles. The number of hydrogen-bond acceptors (Lipinski definition) is 4. The Labute approximate surface area is 85.8 Å². The second-order valence-corrected chi connectivity index (χ2v) is 3.38. The first-order valence-electron chi connectivity index (χ1n) is 3.84. The lowest BCUT2D eigenvalue weighted by Gasteiger charge is -2.12. The third-order valence-corrected chi connectivity index (χ3v) is 2.18. The lowest BCUT2D eigenvalue weighted by Crippen LogP contribution is -2.30. The van der Waals surface area contributed by atoms with Crippen molar-refractivity contribution in [3.05, 3.63) is 0 Å². The van der Waals surface area contributed by atoms with E-state index in [1.165, 1.54) is 0 Å². The molecule has 0 bridgehead atoms. The van der Waals surface area contributed by atoms with Crippen LogP contribution < -0.4 is 0 Å². The van der Waals surface area contributed by atoms with E-state index in [9.17, 15) is 4.79 Å². The Morgan fingerprint density at radius 1 is 1.92 bits per heavy atom. The lowest BCUT2D eigenvalue weighted by atomic mass is 10.2. The van der Waals surface area contributed by atoms with Crippen molar-refractivity contribution in [1.82, 2.24) is 0 Å². The Morgan fingerprint density at radius 2 is 2.62 bits per heavy atom. The zero-order valence-corrected chi connectivity index (χ0v) is 8.51. The van der Waals surface area contributed by atoms with Crippen LogP contribution in [0.15, 0.2) is 5.16 Å². The highest BCUT2D eigenvalue weighted by Crippen LogP contribution is 2.20. The minimum Gasteiger partial charge on any atom is -0.465 e. The molecule has 1 heterocycles. The Kier molecular flexibility index (Phi) is 3.81. The molecule has 0 N–H and O–H groups in total. The molecular formula is C7H9Cl2NO3. The van der Waals surface area contributed by atoms with E-state index >= 15 is 0 Å². The predicted molar refractivity (Wildman–Crippen MR) is 49.1 cm³/mol. The smallest absolute Gasteiger partial charge is 0.328 e. The zero-order valence-electron chi connectivity index (χ0n) is 7.00. The number of nitrogens with zero attached hydrogens (tertiary/aromatic N) is 1. The summed E-state index contributed by atoms with van der Waals surface area (Å²) in [5.74, 6) is -0.504. The van der Waals surface area contributed by atoms with Gasteiger partial charge in [-0.15, -0.1) is 11.6 Å². The quantitative estimate of drug-likeness (QED) is 0.541. The molecule has 0 amide bonds. The second-order valence-electron chi connectivity index (χ2n) is 2.47. The molecule has 2 unspecified atom stereocenters. The fraction of sp³-hybridized carbons (Fsp3) is 0.714. The molecule has 4 nitrogen and oxygen atoms in total. The third kappa shape index (κ3) is 2.74. The molecule has 0 spiro atoms. The molecule has 2 atom stereocenters. The van der Waals surface area contributed by atoms with Crippen molar-refractivity contribution in [2.45, 2.75) is 24.8 Å². The van der Waals surface area contributed by atoms with Gasteiger partial charge in [0.25, 0.3) is 0 Å². The van der Waals surface area contributed by atoms with Gasteiger partial charge < -0.3 is 9.57 Å². The molecule has 0 aromatic carbocycles. The fourth-order valence-corrected chi connectivity index (χ4v) is 1.29. The first-order valence-corrected chi connectivity index (χ1v) is 4.65. The first kappa shape index (κ1) is 10.6. The van der Waals surface area contributed by atoms with Crippen LogP contribution in [-0.4, -0.2) is 29.2 Å². The van der Waals surface area contributed by atoms with Crippen LogP contribution in [0.4, 0.5) is 0 Å². The number of rotatable bonds is 3. The van der Waals surface area contributed by atoms with Crippen LogP contribution in [0.25, 0.3) is 0 Å². The average Bonchev–Trinajstić information content (AvgIpc) is 2.51. The standard InChI is InChI=1S/C7H9Cl2NO3/c1-2-12-7(11)6(9)4-3-5(8)10-13-4/h4,6H,2-3H2,1H3. The molecule has 0 aromatic heterocycles. The van der Waals surface area contributed by atoms with Crippen LogP contribution in [0, 0.1) is 0 Å². The summed E-state index contributed by atoms with van der Waals surface area (Å²) in [6.07, 6.45) is -0.151. The third-order valence-electron chi connectivity index (χ3n) is 1.49. The van der Waals surface area contributed by atoms with Crippen molar-refractivity contribution in [3.8, 4) is 0 Å². The Bertz CT molecular complexity index is 232. The minimum atomic E-state index is -0.847. The maximum atomic E-state index is 11.1. The zero-order chi connectivity index (χ0) is 9.84. The van der Waals surface area contributed by atoms with Crippen LogP contribution >= 0.6 is 23.2 Å². The summed E-state index contributed by atoms with van der Waals surface area (Å²) in [6, 6.07) is 0. The number of halogens is 2. The van der Waals surface area contributed by atoms with Crippen molar-refractivity contribution in [3.63, 3.8) is 0 Å². The molecule has 0 fully saturated rings. The van der Waals surface area contributed by atoms with Gasteiger partial charge in [-0.3, -0.25) is 4.79 Å². The van der Waals surface area contributed by atoms with E-state index in [1.807, 2.05) is 0 Å². The number of alkyl halides is 1. The Hall–Kier alpha value is -0.480. The predicted octanol–water partition coefficient (Wildman–Crippen LogP) is 1.50. The molecule has 0 aliphatic carbocycles. The van der Waals surface area contributed by atoms with Crippen molar-refractivity contribution < 1.29 is 14.4 Å². The molecule has 0 aromatic rings. The van der Waals surface area contributed by atoms with Crippen LogP contribution in [-0.2, 0) is 14.4 Å². The molecule has 6 heteroatoms. The Morgan fingerprint density at radius 3 is 3.08 bits per heavy atom. The van der Waals surface area contributed by atoms with E-state index in [4.69, 9.17) is 32.8 Å². The molecule has 1 aliphatic rings. The fourth-order valence-electron chi connectivity index (χ4n) is 0.896. The number of esters is 1. The van der Waals surface area contributed by atoms with E-state index in [2.05, 4.69) is 5.16 Å². The molecular weight excluding hydrogens is 217 g/mol.